The molecule has 9 nitrogen and oxygen atoms in total. The molecule has 0 aliphatic carbocycles. The number of aryl methyl sites for hydroxylation is 2. The molecule has 1 aliphatic rings. The molecule has 1 saturated heterocycles. The number of nitrogens with one attached hydrogen (secondary N) is 2. The van der Waals surface area contributed by atoms with Gasteiger partial charge in [0.25, 0.3) is 17.7 Å². The number of rotatable bonds is 7. The van der Waals surface area contributed by atoms with Crippen molar-refractivity contribution in [3.05, 3.63) is 81.3 Å². The van der Waals surface area contributed by atoms with Crippen LogP contribution in [0.5, 0.6) is 5.75 Å². The highest BCUT2D eigenvalue weighted by atomic mass is 32.1. The van der Waals surface area contributed by atoms with Crippen LogP contribution in [0.2, 0.25) is 0 Å². The number of aromatic nitrogens is 1. The molecular formula is C27H30N4O5S. The molecule has 3 N–H and O–H groups in total. The van der Waals surface area contributed by atoms with Gasteiger partial charge in [-0.05, 0) is 55.5 Å². The van der Waals surface area contributed by atoms with Crippen molar-refractivity contribution in [2.75, 3.05) is 19.7 Å². The van der Waals surface area contributed by atoms with Crippen LogP contribution in [0.1, 0.15) is 57.0 Å². The van der Waals surface area contributed by atoms with Crippen LogP contribution in [0.25, 0.3) is 0 Å². The molecule has 0 radical (unpaired) electrons. The predicted molar refractivity (Wildman–Crippen MR) is 139 cm³/mol. The fourth-order valence-corrected chi connectivity index (χ4v) is 5.00. The van der Waals surface area contributed by atoms with E-state index >= 15 is 0 Å². The molecule has 1 aliphatic heterocycles. The molecule has 4 rings (SSSR count). The van der Waals surface area contributed by atoms with E-state index in [9.17, 15) is 19.5 Å². The molecule has 1 atom stereocenters. The molecule has 0 bridgehead atoms. The number of hydrogen-bond donors (Lipinski definition) is 3. The normalized spacial score (nSPS) is 14.6. The largest absolute Gasteiger partial charge is 0.484 e. The maximum absolute atomic E-state index is 12.6. The Morgan fingerprint density at radius 3 is 2.51 bits per heavy atom. The summed E-state index contributed by atoms with van der Waals surface area (Å²) in [5.41, 5.74) is 7.44. The van der Waals surface area contributed by atoms with Gasteiger partial charge in [-0.15, -0.1) is 11.3 Å². The molecule has 0 spiro atoms. The molecule has 2 heterocycles. The Balaban J connectivity index is 1.22. The molecule has 3 amide bonds. The van der Waals surface area contributed by atoms with Gasteiger partial charge in [0.05, 0.1) is 5.01 Å². The Hall–Kier alpha value is -3.76. The number of amides is 3. The van der Waals surface area contributed by atoms with Crippen molar-refractivity contribution in [2.24, 2.45) is 0 Å². The number of carbonyl (C=O) groups excluding carboxylic acids is 3. The van der Waals surface area contributed by atoms with Crippen LogP contribution in [0.3, 0.4) is 0 Å². The van der Waals surface area contributed by atoms with Gasteiger partial charge in [0.15, 0.2) is 12.7 Å². The zero-order valence-corrected chi connectivity index (χ0v) is 21.6. The summed E-state index contributed by atoms with van der Waals surface area (Å²) < 4.78 is 5.69. The molecule has 10 heteroatoms. The first-order chi connectivity index (χ1) is 17.8. The Labute approximate surface area is 219 Å². The maximum Gasteiger partial charge on any atom is 0.289 e. The summed E-state index contributed by atoms with van der Waals surface area (Å²) in [4.78, 5) is 43.4. The van der Waals surface area contributed by atoms with E-state index in [1.54, 1.807) is 40.6 Å². The average molecular weight is 523 g/mol. The van der Waals surface area contributed by atoms with Gasteiger partial charge in [-0.25, -0.2) is 4.98 Å². The van der Waals surface area contributed by atoms with Crippen molar-refractivity contribution in [3.8, 4) is 5.75 Å². The van der Waals surface area contributed by atoms with Crippen LogP contribution < -0.4 is 15.6 Å². The van der Waals surface area contributed by atoms with Crippen LogP contribution in [0.4, 0.5) is 0 Å². The number of carbonyl (C=O) groups is 3. The van der Waals surface area contributed by atoms with E-state index in [1.807, 2.05) is 32.0 Å². The number of hydrazine groups is 1. The summed E-state index contributed by atoms with van der Waals surface area (Å²) in [5.74, 6) is -0.526. The minimum atomic E-state index is -1.40. The smallest absolute Gasteiger partial charge is 0.289 e. The standard InChI is InChI=1S/C27H30N4O5S/c1-17-8-9-21(14-18(17)2)36-15-23(32)31-12-10-20(11-13-31)27-28-22(16-37-27)25(34)29-30-26(35)24(33)19-6-4-3-5-7-19/h3-9,14,16,20,24,33H,10-13,15H2,1-2H3,(H,29,34)(H,30,35). The SMILES string of the molecule is Cc1ccc(OCC(=O)N2CCC(c3nc(C(=O)NNC(=O)C(O)c4ccccc4)cs3)CC2)cc1C. The van der Waals surface area contributed by atoms with Gasteiger partial charge in [0.1, 0.15) is 11.4 Å². The number of piperidine rings is 1. The van der Waals surface area contributed by atoms with Crippen LogP contribution >= 0.6 is 11.3 Å². The first-order valence-electron chi connectivity index (χ1n) is 12.1. The van der Waals surface area contributed by atoms with Crippen molar-refractivity contribution in [2.45, 2.75) is 38.7 Å². The molecule has 1 fully saturated rings. The Bertz CT molecular complexity index is 1250. The molecule has 37 heavy (non-hydrogen) atoms. The number of hydrogen-bond acceptors (Lipinski definition) is 7. The number of thiazole rings is 1. The number of nitrogens with zero attached hydrogens (tertiary/aromatic N) is 2. The van der Waals surface area contributed by atoms with Crippen molar-refractivity contribution in [1.29, 1.82) is 0 Å². The molecule has 1 aromatic heterocycles. The lowest BCUT2D eigenvalue weighted by Crippen LogP contribution is -2.44. The highest BCUT2D eigenvalue weighted by Crippen LogP contribution is 2.30. The van der Waals surface area contributed by atoms with Gasteiger partial charge in [0.2, 0.25) is 0 Å². The summed E-state index contributed by atoms with van der Waals surface area (Å²) in [5, 5.41) is 12.6. The van der Waals surface area contributed by atoms with Gasteiger partial charge in [-0.1, -0.05) is 36.4 Å². The minimum absolute atomic E-state index is 0.000567. The number of likely N-dealkylation sites (tertiary alicyclic amines) is 1. The van der Waals surface area contributed by atoms with Crippen LogP contribution in [-0.4, -0.2) is 52.4 Å². The van der Waals surface area contributed by atoms with E-state index in [0.29, 0.717) is 24.4 Å². The van der Waals surface area contributed by atoms with E-state index in [4.69, 9.17) is 4.74 Å². The second kappa shape index (κ2) is 12.0. The lowest BCUT2D eigenvalue weighted by molar-refractivity contribution is -0.134. The topological polar surface area (TPSA) is 121 Å². The van der Waals surface area contributed by atoms with Crippen molar-refractivity contribution < 1.29 is 24.2 Å². The fraction of sp³-hybridized carbons (Fsp3) is 0.333. The summed E-state index contributed by atoms with van der Waals surface area (Å²) in [6, 6.07) is 14.2. The third-order valence-corrected chi connectivity index (χ3v) is 7.46. The quantitative estimate of drug-likeness (QED) is 0.410. The molecule has 1 unspecified atom stereocenters. The summed E-state index contributed by atoms with van der Waals surface area (Å²) in [6.07, 6.45) is 0.0836. The Morgan fingerprint density at radius 1 is 1.08 bits per heavy atom. The summed E-state index contributed by atoms with van der Waals surface area (Å²) >= 11 is 1.38. The van der Waals surface area contributed by atoms with Gasteiger partial charge in [0, 0.05) is 24.4 Å². The van der Waals surface area contributed by atoms with Gasteiger partial charge < -0.3 is 14.7 Å². The first-order valence-corrected chi connectivity index (χ1v) is 13.0. The Kier molecular flexibility index (Phi) is 8.52. The van der Waals surface area contributed by atoms with E-state index in [-0.39, 0.29) is 24.1 Å². The lowest BCUT2D eigenvalue weighted by atomic mass is 9.97. The van der Waals surface area contributed by atoms with E-state index in [1.165, 1.54) is 16.9 Å². The maximum atomic E-state index is 12.6. The van der Waals surface area contributed by atoms with Crippen molar-refractivity contribution >= 4 is 29.1 Å². The van der Waals surface area contributed by atoms with Gasteiger partial charge in [-0.2, -0.15) is 0 Å². The highest BCUT2D eigenvalue weighted by molar-refractivity contribution is 7.09. The second-order valence-corrected chi connectivity index (χ2v) is 9.91. The van der Waals surface area contributed by atoms with Crippen LogP contribution in [0.15, 0.2) is 53.9 Å². The highest BCUT2D eigenvalue weighted by Gasteiger charge is 2.27. The number of aliphatic hydroxyl groups is 1. The van der Waals surface area contributed by atoms with Gasteiger partial charge >= 0.3 is 0 Å². The third-order valence-electron chi connectivity index (χ3n) is 6.46. The molecule has 3 aromatic rings. The fourth-order valence-electron chi connectivity index (χ4n) is 4.03. The predicted octanol–water partition coefficient (Wildman–Crippen LogP) is 3.04. The minimum Gasteiger partial charge on any atom is -0.484 e. The molecule has 0 saturated carbocycles. The molecule has 2 aromatic carbocycles. The van der Waals surface area contributed by atoms with Crippen LogP contribution in [-0.2, 0) is 9.59 Å². The lowest BCUT2D eigenvalue weighted by Gasteiger charge is -2.31. The average Bonchev–Trinajstić information content (AvgIpc) is 3.43. The number of ether oxygens (including phenoxy) is 1. The summed E-state index contributed by atoms with van der Waals surface area (Å²) in [6.45, 7) is 5.22. The third kappa shape index (κ3) is 6.72. The van der Waals surface area contributed by atoms with Crippen molar-refractivity contribution in [1.82, 2.24) is 20.7 Å². The number of benzene rings is 2. The van der Waals surface area contributed by atoms with E-state index in [0.717, 1.165) is 23.4 Å². The summed E-state index contributed by atoms with van der Waals surface area (Å²) in [7, 11) is 0. The molecule has 194 valence electrons. The Morgan fingerprint density at radius 2 is 1.81 bits per heavy atom. The van der Waals surface area contributed by atoms with E-state index in [2.05, 4.69) is 15.8 Å². The van der Waals surface area contributed by atoms with E-state index < -0.39 is 17.9 Å². The molecular weight excluding hydrogens is 492 g/mol. The van der Waals surface area contributed by atoms with Gasteiger partial charge in [-0.3, -0.25) is 25.2 Å². The number of aliphatic hydroxyl groups excluding tert-OH is 1. The van der Waals surface area contributed by atoms with Crippen LogP contribution in [0, 0.1) is 13.8 Å². The first kappa shape index (κ1) is 26.3. The monoisotopic (exact) mass is 522 g/mol. The zero-order valence-electron chi connectivity index (χ0n) is 20.8. The van der Waals surface area contributed by atoms with Crippen molar-refractivity contribution in [3.63, 3.8) is 0 Å². The second-order valence-electron chi connectivity index (χ2n) is 9.02. The zero-order chi connectivity index (χ0) is 26.4.